The number of rotatable bonds is 5. The molecular formula is C15H20F2N2O4S. The van der Waals surface area contributed by atoms with E-state index in [0.717, 1.165) is 30.8 Å². The first-order chi connectivity index (χ1) is 10.8. The summed E-state index contributed by atoms with van der Waals surface area (Å²) in [6.45, 7) is 5.87. The van der Waals surface area contributed by atoms with E-state index in [1.807, 2.05) is 20.8 Å². The first-order valence-corrected chi connectivity index (χ1v) is 7.82. The molecule has 24 heavy (non-hydrogen) atoms. The Morgan fingerprint density at radius 1 is 1.17 bits per heavy atom. The van der Waals surface area contributed by atoms with Crippen LogP contribution in [0.2, 0.25) is 0 Å². The minimum atomic E-state index is -2.15. The first kappa shape index (κ1) is 20.2. The smallest absolute Gasteiger partial charge is 0.337 e. The number of thioether (sulfide) groups is 1. The topological polar surface area (TPSA) is 98.7 Å². The molecule has 0 fully saturated rings. The number of aliphatic carboxylic acids is 1. The molecule has 0 heterocycles. The molecular weight excluding hydrogens is 342 g/mol. The molecule has 134 valence electrons. The summed E-state index contributed by atoms with van der Waals surface area (Å²) in [7, 11) is 0. The second-order valence-corrected chi connectivity index (χ2v) is 8.21. The van der Waals surface area contributed by atoms with Crippen molar-refractivity contribution < 1.29 is 28.6 Å². The Hall–Kier alpha value is -1.87. The third-order valence-corrected chi connectivity index (χ3v) is 3.92. The van der Waals surface area contributed by atoms with Gasteiger partial charge in [-0.3, -0.25) is 0 Å². The third kappa shape index (κ3) is 5.97. The molecule has 1 rings (SSSR count). The number of aliphatic hydroxyl groups is 1. The molecule has 0 spiro atoms. The molecule has 0 aliphatic heterocycles. The van der Waals surface area contributed by atoms with Crippen molar-refractivity contribution in [2.75, 3.05) is 11.9 Å². The number of carbonyl (C=O) groups is 2. The van der Waals surface area contributed by atoms with Gasteiger partial charge < -0.3 is 20.8 Å². The summed E-state index contributed by atoms with van der Waals surface area (Å²) >= 11 is 1.02. The Balaban J connectivity index is 2.79. The van der Waals surface area contributed by atoms with Crippen molar-refractivity contribution in [1.82, 2.24) is 5.32 Å². The quantitative estimate of drug-likeness (QED) is 0.604. The molecule has 0 aromatic heterocycles. The zero-order valence-corrected chi connectivity index (χ0v) is 14.6. The molecule has 1 atom stereocenters. The highest BCUT2D eigenvalue weighted by Crippen LogP contribution is 2.36. The standard InChI is InChI=1S/C15H20F2N2O4S/c1-14(2,3)24-11-9(16)5-8(6-10(11)17)19-13(22)18-7-15(4,23)12(20)21/h5-6,23H,7H2,1-4H3,(H,20,21)(H2,18,19,22). The number of urea groups is 1. The second-order valence-electron chi connectivity index (χ2n) is 6.37. The molecule has 0 radical (unpaired) electrons. The summed E-state index contributed by atoms with van der Waals surface area (Å²) in [5.74, 6) is -3.14. The molecule has 2 amide bonds. The maximum Gasteiger partial charge on any atom is 0.337 e. The Labute approximate surface area is 142 Å². The maximum absolute atomic E-state index is 14.0. The fraction of sp³-hybridized carbons (Fsp3) is 0.467. The molecule has 0 saturated carbocycles. The summed E-state index contributed by atoms with van der Waals surface area (Å²) in [5.41, 5.74) is -2.28. The van der Waals surface area contributed by atoms with Gasteiger partial charge in [0.25, 0.3) is 0 Å². The van der Waals surface area contributed by atoms with Gasteiger partial charge in [-0.05, 0) is 19.1 Å². The van der Waals surface area contributed by atoms with Gasteiger partial charge in [-0.15, -0.1) is 11.8 Å². The van der Waals surface area contributed by atoms with Crippen LogP contribution in [-0.4, -0.2) is 39.1 Å². The van der Waals surface area contributed by atoms with E-state index >= 15 is 0 Å². The number of hydrogen-bond acceptors (Lipinski definition) is 4. The average molecular weight is 362 g/mol. The summed E-state index contributed by atoms with van der Waals surface area (Å²) < 4.78 is 27.7. The molecule has 0 aliphatic rings. The molecule has 4 N–H and O–H groups in total. The lowest BCUT2D eigenvalue weighted by molar-refractivity contribution is -0.155. The zero-order chi connectivity index (χ0) is 18.7. The van der Waals surface area contributed by atoms with E-state index in [0.29, 0.717) is 0 Å². The summed E-state index contributed by atoms with van der Waals surface area (Å²) in [6.07, 6.45) is 0. The van der Waals surface area contributed by atoms with Crippen molar-refractivity contribution in [1.29, 1.82) is 0 Å². The fourth-order valence-corrected chi connectivity index (χ4v) is 2.46. The van der Waals surface area contributed by atoms with Gasteiger partial charge in [0.05, 0.1) is 11.4 Å². The normalized spacial score (nSPS) is 14.0. The van der Waals surface area contributed by atoms with E-state index in [1.54, 1.807) is 0 Å². The van der Waals surface area contributed by atoms with Crippen LogP contribution in [0.4, 0.5) is 19.3 Å². The van der Waals surface area contributed by atoms with Crippen molar-refractivity contribution in [3.05, 3.63) is 23.8 Å². The van der Waals surface area contributed by atoms with Crippen LogP contribution in [0.15, 0.2) is 17.0 Å². The number of amides is 2. The lowest BCUT2D eigenvalue weighted by Gasteiger charge is -2.20. The van der Waals surface area contributed by atoms with E-state index < -0.39 is 40.5 Å². The van der Waals surface area contributed by atoms with E-state index in [-0.39, 0.29) is 10.6 Å². The monoisotopic (exact) mass is 362 g/mol. The van der Waals surface area contributed by atoms with Gasteiger partial charge in [0.1, 0.15) is 11.6 Å². The Kier molecular flexibility index (Phi) is 6.18. The molecule has 0 bridgehead atoms. The van der Waals surface area contributed by atoms with Crippen molar-refractivity contribution in [2.45, 2.75) is 42.9 Å². The highest BCUT2D eigenvalue weighted by molar-refractivity contribution is 8.00. The predicted molar refractivity (Wildman–Crippen MR) is 87.2 cm³/mol. The lowest BCUT2D eigenvalue weighted by atomic mass is 10.1. The predicted octanol–water partition coefficient (Wildman–Crippen LogP) is 2.81. The molecule has 1 aromatic rings. The van der Waals surface area contributed by atoms with Crippen LogP contribution in [0.25, 0.3) is 0 Å². The van der Waals surface area contributed by atoms with Crippen LogP contribution in [0, 0.1) is 11.6 Å². The Bertz CT molecular complexity index is 622. The number of carboxylic acid groups (broad SMARTS) is 1. The lowest BCUT2D eigenvalue weighted by Crippen LogP contribution is -2.47. The SMILES string of the molecule is CC(C)(C)Sc1c(F)cc(NC(=O)NCC(C)(O)C(=O)O)cc1F. The van der Waals surface area contributed by atoms with Crippen LogP contribution in [0.1, 0.15) is 27.7 Å². The van der Waals surface area contributed by atoms with Crippen molar-refractivity contribution >= 4 is 29.4 Å². The summed E-state index contributed by atoms with van der Waals surface area (Å²) in [5, 5.41) is 22.5. The van der Waals surface area contributed by atoms with E-state index in [4.69, 9.17) is 5.11 Å². The van der Waals surface area contributed by atoms with Gasteiger partial charge in [0.15, 0.2) is 5.60 Å². The van der Waals surface area contributed by atoms with Gasteiger partial charge in [0, 0.05) is 10.4 Å². The minimum Gasteiger partial charge on any atom is -0.479 e. The van der Waals surface area contributed by atoms with Gasteiger partial charge in [-0.2, -0.15) is 0 Å². The molecule has 1 aromatic carbocycles. The first-order valence-electron chi connectivity index (χ1n) is 7.00. The number of benzene rings is 1. The number of nitrogens with one attached hydrogen (secondary N) is 2. The van der Waals surface area contributed by atoms with Crippen molar-refractivity contribution in [3.8, 4) is 0 Å². The van der Waals surface area contributed by atoms with E-state index in [9.17, 15) is 23.5 Å². The molecule has 6 nitrogen and oxygen atoms in total. The Morgan fingerprint density at radius 3 is 2.08 bits per heavy atom. The van der Waals surface area contributed by atoms with Gasteiger partial charge in [-0.25, -0.2) is 18.4 Å². The van der Waals surface area contributed by atoms with Crippen molar-refractivity contribution in [3.63, 3.8) is 0 Å². The molecule has 1 unspecified atom stereocenters. The Morgan fingerprint density at radius 2 is 1.67 bits per heavy atom. The van der Waals surface area contributed by atoms with Gasteiger partial charge in [0.2, 0.25) is 0 Å². The largest absolute Gasteiger partial charge is 0.479 e. The van der Waals surface area contributed by atoms with Gasteiger partial charge in [-0.1, -0.05) is 20.8 Å². The van der Waals surface area contributed by atoms with Gasteiger partial charge >= 0.3 is 12.0 Å². The van der Waals surface area contributed by atoms with Crippen LogP contribution in [-0.2, 0) is 4.79 Å². The van der Waals surface area contributed by atoms with E-state index in [2.05, 4.69) is 10.6 Å². The number of hydrogen-bond donors (Lipinski definition) is 4. The zero-order valence-electron chi connectivity index (χ0n) is 13.7. The van der Waals surface area contributed by atoms with Crippen LogP contribution in [0.3, 0.4) is 0 Å². The highest BCUT2D eigenvalue weighted by atomic mass is 32.2. The second kappa shape index (κ2) is 7.35. The number of carbonyl (C=O) groups excluding carboxylic acids is 1. The highest BCUT2D eigenvalue weighted by Gasteiger charge is 2.30. The number of anilines is 1. The summed E-state index contributed by atoms with van der Waals surface area (Å²) in [6, 6.07) is 1.03. The maximum atomic E-state index is 14.0. The third-order valence-electron chi connectivity index (χ3n) is 2.72. The summed E-state index contributed by atoms with van der Waals surface area (Å²) in [4.78, 5) is 22.2. The van der Waals surface area contributed by atoms with E-state index in [1.165, 1.54) is 0 Å². The fourth-order valence-electron chi connectivity index (χ4n) is 1.54. The molecule has 9 heteroatoms. The average Bonchev–Trinajstić information content (AvgIpc) is 2.39. The molecule has 0 saturated heterocycles. The minimum absolute atomic E-state index is 0.129. The number of halogens is 2. The molecule has 0 aliphatic carbocycles. The van der Waals surface area contributed by atoms with Crippen molar-refractivity contribution in [2.24, 2.45) is 0 Å². The number of carboxylic acids is 1. The van der Waals surface area contributed by atoms with Crippen LogP contribution >= 0.6 is 11.8 Å². The van der Waals surface area contributed by atoms with Crippen LogP contribution < -0.4 is 10.6 Å². The van der Waals surface area contributed by atoms with Crippen LogP contribution in [0.5, 0.6) is 0 Å².